The van der Waals surface area contributed by atoms with Gasteiger partial charge >= 0.3 is 5.97 Å². The highest BCUT2D eigenvalue weighted by molar-refractivity contribution is 8.01. The average molecular weight is 469 g/mol. The number of aromatic nitrogens is 1. The SMILES string of the molecule is CS(=O)(=O)c1ccc([C@@H](CC2CCCC2)C(=O)Nc2ncc(SCC(=O)O)s2)cc1. The molecular formula is C20H24N2O5S3. The second-order valence-corrected chi connectivity index (χ2v) is 11.8. The second-order valence-electron chi connectivity index (χ2n) is 7.44. The van der Waals surface area contributed by atoms with Gasteiger partial charge in [-0.15, -0.1) is 11.8 Å². The molecule has 0 radical (unpaired) electrons. The monoisotopic (exact) mass is 468 g/mol. The Kier molecular flexibility index (Phi) is 7.54. The van der Waals surface area contributed by atoms with Crippen molar-refractivity contribution in [1.29, 1.82) is 0 Å². The number of nitrogens with zero attached hydrogens (tertiary/aromatic N) is 1. The van der Waals surface area contributed by atoms with Crippen LogP contribution in [0.5, 0.6) is 0 Å². The largest absolute Gasteiger partial charge is 0.481 e. The van der Waals surface area contributed by atoms with Gasteiger partial charge in [-0.25, -0.2) is 13.4 Å². The molecule has 1 heterocycles. The van der Waals surface area contributed by atoms with Gasteiger partial charge in [0.05, 0.1) is 27.0 Å². The normalized spacial score (nSPS) is 15.8. The molecular weight excluding hydrogens is 444 g/mol. The number of thiazole rings is 1. The lowest BCUT2D eigenvalue weighted by Crippen LogP contribution is -2.23. The van der Waals surface area contributed by atoms with E-state index in [2.05, 4.69) is 10.3 Å². The molecule has 1 saturated carbocycles. The van der Waals surface area contributed by atoms with Gasteiger partial charge in [-0.05, 0) is 30.0 Å². The predicted molar refractivity (Wildman–Crippen MR) is 118 cm³/mol. The van der Waals surface area contributed by atoms with Gasteiger partial charge < -0.3 is 10.4 Å². The zero-order valence-corrected chi connectivity index (χ0v) is 19.0. The van der Waals surface area contributed by atoms with Crippen LogP contribution in [-0.4, -0.2) is 42.4 Å². The number of hydrogen-bond acceptors (Lipinski definition) is 7. The molecule has 0 saturated heterocycles. The maximum atomic E-state index is 13.1. The Bertz CT molecular complexity index is 996. The number of amides is 1. The number of carboxylic acid groups (broad SMARTS) is 1. The van der Waals surface area contributed by atoms with E-state index < -0.39 is 21.7 Å². The summed E-state index contributed by atoms with van der Waals surface area (Å²) in [5, 5.41) is 12.1. The van der Waals surface area contributed by atoms with Crippen LogP contribution in [0.3, 0.4) is 0 Å². The first-order valence-corrected chi connectivity index (χ1v) is 13.3. The molecule has 0 unspecified atom stereocenters. The number of nitrogens with one attached hydrogen (secondary N) is 1. The first-order chi connectivity index (χ1) is 14.2. The van der Waals surface area contributed by atoms with E-state index in [0.717, 1.165) is 40.6 Å². The van der Waals surface area contributed by atoms with Gasteiger partial charge in [-0.1, -0.05) is 49.2 Å². The van der Waals surface area contributed by atoms with Crippen LogP contribution in [0.4, 0.5) is 5.13 Å². The molecule has 2 aromatic rings. The topological polar surface area (TPSA) is 113 Å². The van der Waals surface area contributed by atoms with Gasteiger partial charge in [0, 0.05) is 6.26 Å². The maximum absolute atomic E-state index is 13.1. The minimum Gasteiger partial charge on any atom is -0.481 e. The lowest BCUT2D eigenvalue weighted by Gasteiger charge is -2.20. The third-order valence-corrected chi connectivity index (χ3v) is 8.34. The predicted octanol–water partition coefficient (Wildman–Crippen LogP) is 4.03. The number of carbonyl (C=O) groups is 2. The van der Waals surface area contributed by atoms with Crippen LogP contribution in [-0.2, 0) is 19.4 Å². The molecule has 1 aromatic heterocycles. The molecule has 0 aliphatic heterocycles. The number of carboxylic acids is 1. The lowest BCUT2D eigenvalue weighted by molar-refractivity contribution is -0.133. The quantitative estimate of drug-likeness (QED) is 0.534. The van der Waals surface area contributed by atoms with Gasteiger partial charge in [0.1, 0.15) is 0 Å². The number of benzene rings is 1. The highest BCUT2D eigenvalue weighted by Gasteiger charge is 2.27. The van der Waals surface area contributed by atoms with Crippen LogP contribution in [0.1, 0.15) is 43.6 Å². The fourth-order valence-corrected chi connectivity index (χ4v) is 5.86. The summed E-state index contributed by atoms with van der Waals surface area (Å²) in [6, 6.07) is 6.52. The maximum Gasteiger partial charge on any atom is 0.313 e. The molecule has 1 fully saturated rings. The van der Waals surface area contributed by atoms with E-state index in [4.69, 9.17) is 5.11 Å². The van der Waals surface area contributed by atoms with Crippen molar-refractivity contribution in [2.75, 3.05) is 17.3 Å². The van der Waals surface area contributed by atoms with Gasteiger partial charge in [0.15, 0.2) is 15.0 Å². The third-order valence-electron chi connectivity index (χ3n) is 5.12. The zero-order chi connectivity index (χ0) is 21.7. The van der Waals surface area contributed by atoms with Crippen LogP contribution < -0.4 is 5.32 Å². The van der Waals surface area contributed by atoms with Crippen LogP contribution >= 0.6 is 23.1 Å². The first-order valence-electron chi connectivity index (χ1n) is 9.63. The Balaban J connectivity index is 1.76. The van der Waals surface area contributed by atoms with E-state index in [-0.39, 0.29) is 16.6 Å². The molecule has 1 aliphatic rings. The number of anilines is 1. The summed E-state index contributed by atoms with van der Waals surface area (Å²) in [7, 11) is -3.30. The summed E-state index contributed by atoms with van der Waals surface area (Å²) in [4.78, 5) is 28.2. The standard InChI is InChI=1S/C20H24N2O5S3/c1-30(26,27)15-8-6-14(7-9-15)16(10-13-4-2-3-5-13)19(25)22-20-21-11-18(29-20)28-12-17(23)24/h6-9,11,13,16H,2-5,10,12H2,1H3,(H,23,24)(H,21,22,25)/t16-/m1/s1. The van der Waals surface area contributed by atoms with Crippen molar-refractivity contribution >= 4 is 49.9 Å². The highest BCUT2D eigenvalue weighted by Crippen LogP contribution is 2.36. The average Bonchev–Trinajstić information content (AvgIpc) is 3.35. The molecule has 0 bridgehead atoms. The van der Waals surface area contributed by atoms with Crippen molar-refractivity contribution < 1.29 is 23.1 Å². The van der Waals surface area contributed by atoms with E-state index in [1.165, 1.54) is 24.2 Å². The summed E-state index contributed by atoms with van der Waals surface area (Å²) in [6.45, 7) is 0. The fraction of sp³-hybridized carbons (Fsp3) is 0.450. The molecule has 30 heavy (non-hydrogen) atoms. The van der Waals surface area contributed by atoms with Crippen molar-refractivity contribution in [3.8, 4) is 0 Å². The molecule has 10 heteroatoms. The van der Waals surface area contributed by atoms with Crippen molar-refractivity contribution in [3.05, 3.63) is 36.0 Å². The molecule has 0 spiro atoms. The highest BCUT2D eigenvalue weighted by atomic mass is 32.2. The number of thioether (sulfide) groups is 1. The summed E-state index contributed by atoms with van der Waals surface area (Å²) in [5.41, 5.74) is 0.781. The Hall–Kier alpha value is -1.91. The molecule has 1 atom stereocenters. The van der Waals surface area contributed by atoms with Crippen molar-refractivity contribution in [2.24, 2.45) is 5.92 Å². The first kappa shape index (κ1) is 22.8. The van der Waals surface area contributed by atoms with E-state index in [1.807, 2.05) is 0 Å². The van der Waals surface area contributed by atoms with Crippen molar-refractivity contribution in [3.63, 3.8) is 0 Å². The van der Waals surface area contributed by atoms with Crippen LogP contribution in [0.25, 0.3) is 0 Å². The summed E-state index contributed by atoms with van der Waals surface area (Å²) < 4.78 is 24.2. The zero-order valence-electron chi connectivity index (χ0n) is 16.5. The minimum absolute atomic E-state index is 0.0629. The molecule has 1 aromatic carbocycles. The molecule has 7 nitrogen and oxygen atoms in total. The summed E-state index contributed by atoms with van der Waals surface area (Å²) in [5.74, 6) is -1.09. The van der Waals surface area contributed by atoms with Crippen molar-refractivity contribution in [1.82, 2.24) is 4.98 Å². The Morgan fingerprint density at radius 3 is 2.53 bits per heavy atom. The molecule has 1 amide bonds. The van der Waals surface area contributed by atoms with Gasteiger partial charge in [0.25, 0.3) is 0 Å². The third kappa shape index (κ3) is 6.29. The second kappa shape index (κ2) is 9.93. The summed E-state index contributed by atoms with van der Waals surface area (Å²) >= 11 is 2.40. The molecule has 1 aliphatic carbocycles. The smallest absolute Gasteiger partial charge is 0.313 e. The van der Waals surface area contributed by atoms with E-state index in [1.54, 1.807) is 30.5 Å². The Morgan fingerprint density at radius 1 is 1.27 bits per heavy atom. The number of rotatable bonds is 9. The van der Waals surface area contributed by atoms with Gasteiger partial charge in [-0.3, -0.25) is 9.59 Å². The lowest BCUT2D eigenvalue weighted by atomic mass is 9.87. The van der Waals surface area contributed by atoms with Crippen molar-refractivity contribution in [2.45, 2.75) is 47.1 Å². The Labute approximate surface area is 184 Å². The minimum atomic E-state index is -3.30. The number of sulfone groups is 1. The van der Waals surface area contributed by atoms with E-state index in [9.17, 15) is 18.0 Å². The van der Waals surface area contributed by atoms with Crippen LogP contribution in [0.2, 0.25) is 0 Å². The van der Waals surface area contributed by atoms with Gasteiger partial charge in [-0.2, -0.15) is 0 Å². The molecule has 162 valence electrons. The number of aliphatic carboxylic acids is 1. The number of carbonyl (C=O) groups excluding carboxylic acids is 1. The number of hydrogen-bond donors (Lipinski definition) is 2. The molecule has 2 N–H and O–H groups in total. The van der Waals surface area contributed by atoms with Gasteiger partial charge in [0.2, 0.25) is 5.91 Å². The summed E-state index contributed by atoms with van der Waals surface area (Å²) in [6.07, 6.45) is 7.95. The van der Waals surface area contributed by atoms with Crippen LogP contribution in [0.15, 0.2) is 39.6 Å². The van der Waals surface area contributed by atoms with E-state index in [0.29, 0.717) is 17.5 Å². The van der Waals surface area contributed by atoms with E-state index >= 15 is 0 Å². The Morgan fingerprint density at radius 2 is 1.93 bits per heavy atom. The van der Waals surface area contributed by atoms with Crippen LogP contribution in [0, 0.1) is 5.92 Å². The molecule has 3 rings (SSSR count). The fourth-order valence-electron chi connectivity index (χ4n) is 3.63.